The number of nitrogens with one attached hydrogen (secondary N) is 2. The van der Waals surface area contributed by atoms with Crippen LogP contribution in [0.3, 0.4) is 0 Å². The van der Waals surface area contributed by atoms with Crippen molar-refractivity contribution in [2.45, 2.75) is 58.5 Å². The van der Waals surface area contributed by atoms with Crippen molar-refractivity contribution < 1.29 is 19.5 Å². The molecule has 1 fully saturated rings. The molecule has 11 heteroatoms. The Morgan fingerprint density at radius 1 is 1.37 bits per heavy atom. The van der Waals surface area contributed by atoms with Gasteiger partial charge in [0.1, 0.15) is 5.82 Å². The molecule has 0 saturated carbocycles. The van der Waals surface area contributed by atoms with Gasteiger partial charge in [-0.2, -0.15) is 15.0 Å². The maximum absolute atomic E-state index is 12.6. The van der Waals surface area contributed by atoms with Crippen molar-refractivity contribution in [3.8, 4) is 0 Å². The van der Waals surface area contributed by atoms with Gasteiger partial charge in [0.05, 0.1) is 18.6 Å². The van der Waals surface area contributed by atoms with Crippen molar-refractivity contribution in [2.75, 3.05) is 37.1 Å². The van der Waals surface area contributed by atoms with Crippen LogP contribution in [0.15, 0.2) is 0 Å². The highest BCUT2D eigenvalue weighted by Gasteiger charge is 2.25. The molecule has 0 aromatic carbocycles. The third kappa shape index (κ3) is 7.06. The molecule has 0 bridgehead atoms. The van der Waals surface area contributed by atoms with Gasteiger partial charge in [-0.05, 0) is 12.8 Å². The molecule has 1 aromatic rings. The molecular formula is C19H33N7O4. The standard InChI is InChI=1S/C19H33N7O4/c1-4-6-7-8-14(11-26(29)13-27)17(28)23-24-18-20-16(5-2)21-19(22-18)25-10-9-15(12-25)30-3/h13-15,29H,4-12H2,1-3H3,(H,23,28)(H,20,21,22,24)/t14-,15-/m1/s1. The van der Waals surface area contributed by atoms with E-state index in [0.29, 0.717) is 42.6 Å². The lowest BCUT2D eigenvalue weighted by Gasteiger charge is -2.20. The van der Waals surface area contributed by atoms with Crippen LogP contribution in [0.2, 0.25) is 0 Å². The van der Waals surface area contributed by atoms with Gasteiger partial charge in [-0.15, -0.1) is 0 Å². The van der Waals surface area contributed by atoms with E-state index < -0.39 is 5.92 Å². The number of carbonyl (C=O) groups is 2. The van der Waals surface area contributed by atoms with E-state index in [1.807, 2.05) is 11.8 Å². The summed E-state index contributed by atoms with van der Waals surface area (Å²) in [4.78, 5) is 38.6. The lowest BCUT2D eigenvalue weighted by atomic mass is 10.0. The Labute approximate surface area is 177 Å². The van der Waals surface area contributed by atoms with E-state index >= 15 is 0 Å². The maximum atomic E-state index is 12.6. The van der Waals surface area contributed by atoms with Gasteiger partial charge in [-0.3, -0.25) is 25.6 Å². The number of ether oxygens (including phenoxy) is 1. The Morgan fingerprint density at radius 3 is 2.80 bits per heavy atom. The van der Waals surface area contributed by atoms with Crippen LogP contribution in [-0.2, 0) is 20.7 Å². The second kappa shape index (κ2) is 12.2. The lowest BCUT2D eigenvalue weighted by molar-refractivity contribution is -0.154. The molecule has 168 valence electrons. The number of rotatable bonds is 13. The van der Waals surface area contributed by atoms with Crippen LogP contribution in [0.5, 0.6) is 0 Å². The van der Waals surface area contributed by atoms with Crippen LogP contribution in [0.4, 0.5) is 11.9 Å². The monoisotopic (exact) mass is 423 g/mol. The molecule has 2 heterocycles. The first-order valence-electron chi connectivity index (χ1n) is 10.5. The second-order valence-corrected chi connectivity index (χ2v) is 7.36. The molecule has 1 saturated heterocycles. The number of aryl methyl sites for hydroxylation is 1. The number of carbonyl (C=O) groups excluding carboxylic acids is 2. The number of anilines is 2. The van der Waals surface area contributed by atoms with Gasteiger partial charge in [0.15, 0.2) is 0 Å². The molecule has 11 nitrogen and oxygen atoms in total. The largest absolute Gasteiger partial charge is 0.380 e. The normalized spacial score (nSPS) is 16.9. The molecule has 1 aliphatic heterocycles. The third-order valence-corrected chi connectivity index (χ3v) is 5.10. The summed E-state index contributed by atoms with van der Waals surface area (Å²) in [5, 5.41) is 9.99. The molecule has 1 aromatic heterocycles. The zero-order valence-electron chi connectivity index (χ0n) is 18.0. The molecule has 0 spiro atoms. The smallest absolute Gasteiger partial charge is 0.246 e. The summed E-state index contributed by atoms with van der Waals surface area (Å²) in [5.74, 6) is 0.509. The summed E-state index contributed by atoms with van der Waals surface area (Å²) in [5.41, 5.74) is 5.37. The van der Waals surface area contributed by atoms with E-state index in [1.165, 1.54) is 0 Å². The van der Waals surface area contributed by atoms with Crippen molar-refractivity contribution >= 4 is 24.2 Å². The predicted molar refractivity (Wildman–Crippen MR) is 111 cm³/mol. The number of amides is 2. The summed E-state index contributed by atoms with van der Waals surface area (Å²) in [6.07, 6.45) is 5.33. The molecule has 1 aliphatic rings. The van der Waals surface area contributed by atoms with Crippen molar-refractivity contribution in [3.63, 3.8) is 0 Å². The molecule has 0 radical (unpaired) electrons. The van der Waals surface area contributed by atoms with E-state index in [9.17, 15) is 14.8 Å². The summed E-state index contributed by atoms with van der Waals surface area (Å²) in [7, 11) is 1.69. The van der Waals surface area contributed by atoms with Crippen molar-refractivity contribution in [2.24, 2.45) is 5.92 Å². The fourth-order valence-corrected chi connectivity index (χ4v) is 3.30. The van der Waals surface area contributed by atoms with Crippen LogP contribution >= 0.6 is 0 Å². The fraction of sp³-hybridized carbons (Fsp3) is 0.737. The molecule has 3 N–H and O–H groups in total. The SMILES string of the molecule is CCCCC[C@H](CN(O)C=O)C(=O)NNc1nc(CC)nc(N2CC[C@@H](OC)C2)n1. The quantitative estimate of drug-likeness (QED) is 0.185. The molecule has 30 heavy (non-hydrogen) atoms. The maximum Gasteiger partial charge on any atom is 0.246 e. The van der Waals surface area contributed by atoms with Gasteiger partial charge in [-0.25, -0.2) is 5.06 Å². The Morgan fingerprint density at radius 2 is 2.17 bits per heavy atom. The number of aromatic nitrogens is 3. The highest BCUT2D eigenvalue weighted by atomic mass is 16.5. The Hall–Kier alpha value is -2.53. The van der Waals surface area contributed by atoms with Gasteiger partial charge < -0.3 is 9.64 Å². The number of hydrogen-bond acceptors (Lipinski definition) is 9. The lowest BCUT2D eigenvalue weighted by Crippen LogP contribution is -2.40. The summed E-state index contributed by atoms with van der Waals surface area (Å²) in [6.45, 7) is 5.43. The van der Waals surface area contributed by atoms with Crippen molar-refractivity contribution in [1.29, 1.82) is 0 Å². The van der Waals surface area contributed by atoms with Crippen LogP contribution in [-0.4, -0.2) is 70.4 Å². The Balaban J connectivity index is 2.03. The zero-order valence-corrected chi connectivity index (χ0v) is 18.0. The summed E-state index contributed by atoms with van der Waals surface area (Å²) in [6, 6.07) is 0. The van der Waals surface area contributed by atoms with Crippen LogP contribution in [0, 0.1) is 5.92 Å². The number of methoxy groups -OCH3 is 1. The molecule has 2 rings (SSSR count). The van der Waals surface area contributed by atoms with Crippen LogP contribution in [0.25, 0.3) is 0 Å². The highest BCUT2D eigenvalue weighted by Crippen LogP contribution is 2.19. The number of hydroxylamine groups is 2. The van der Waals surface area contributed by atoms with E-state index in [4.69, 9.17) is 4.74 Å². The summed E-state index contributed by atoms with van der Waals surface area (Å²) >= 11 is 0. The molecule has 2 amide bonds. The van der Waals surface area contributed by atoms with E-state index in [2.05, 4.69) is 32.7 Å². The Kier molecular flexibility index (Phi) is 9.68. The molecular weight excluding hydrogens is 390 g/mol. The van der Waals surface area contributed by atoms with E-state index in [-0.39, 0.29) is 24.5 Å². The van der Waals surface area contributed by atoms with Crippen molar-refractivity contribution in [1.82, 2.24) is 25.4 Å². The first-order valence-corrected chi connectivity index (χ1v) is 10.5. The number of hydrazine groups is 1. The minimum Gasteiger partial charge on any atom is -0.380 e. The zero-order chi connectivity index (χ0) is 21.9. The topological polar surface area (TPSA) is 133 Å². The molecule has 0 unspecified atom stereocenters. The first-order chi connectivity index (χ1) is 14.5. The Bertz CT molecular complexity index is 691. The first kappa shape index (κ1) is 23.7. The second-order valence-electron chi connectivity index (χ2n) is 7.36. The molecule has 2 atom stereocenters. The van der Waals surface area contributed by atoms with Crippen LogP contribution in [0.1, 0.15) is 51.8 Å². The van der Waals surface area contributed by atoms with E-state index in [1.54, 1.807) is 7.11 Å². The van der Waals surface area contributed by atoms with Gasteiger partial charge >= 0.3 is 0 Å². The number of hydrogen-bond donors (Lipinski definition) is 3. The third-order valence-electron chi connectivity index (χ3n) is 5.10. The predicted octanol–water partition coefficient (Wildman–Crippen LogP) is 1.15. The average Bonchev–Trinajstić information content (AvgIpc) is 3.26. The van der Waals surface area contributed by atoms with Crippen molar-refractivity contribution in [3.05, 3.63) is 5.82 Å². The van der Waals surface area contributed by atoms with Gasteiger partial charge in [0.2, 0.25) is 24.2 Å². The van der Waals surface area contributed by atoms with Gasteiger partial charge in [0, 0.05) is 26.6 Å². The fourth-order valence-electron chi connectivity index (χ4n) is 3.30. The number of unbranched alkanes of at least 4 members (excludes halogenated alkanes) is 2. The highest BCUT2D eigenvalue weighted by molar-refractivity contribution is 5.80. The molecule has 0 aliphatic carbocycles. The van der Waals surface area contributed by atoms with E-state index in [0.717, 1.165) is 32.2 Å². The minimum absolute atomic E-state index is 0.0738. The average molecular weight is 424 g/mol. The number of nitrogens with zero attached hydrogens (tertiary/aromatic N) is 5. The van der Waals surface area contributed by atoms with Gasteiger partial charge in [0.25, 0.3) is 0 Å². The van der Waals surface area contributed by atoms with Crippen LogP contribution < -0.4 is 15.8 Å². The summed E-state index contributed by atoms with van der Waals surface area (Å²) < 4.78 is 5.40. The van der Waals surface area contributed by atoms with Gasteiger partial charge in [-0.1, -0.05) is 33.1 Å². The minimum atomic E-state index is -0.549.